The van der Waals surface area contributed by atoms with E-state index in [0.29, 0.717) is 6.61 Å². The summed E-state index contributed by atoms with van der Waals surface area (Å²) < 4.78 is 46.9. The molecule has 0 saturated carbocycles. The van der Waals surface area contributed by atoms with Gasteiger partial charge in [-0.3, -0.25) is 0 Å². The van der Waals surface area contributed by atoms with Crippen LogP contribution >= 0.6 is 15.9 Å². The van der Waals surface area contributed by atoms with E-state index in [-0.39, 0.29) is 11.1 Å². The number of primary sulfonamides is 1. The normalized spacial score (nSPS) is 13.0. The molecule has 0 fully saturated rings. The lowest BCUT2D eigenvalue weighted by molar-refractivity contribution is 0.00395. The molecule has 1 aromatic rings. The molecule has 118 valence electrons. The summed E-state index contributed by atoms with van der Waals surface area (Å²) in [5.41, 5.74) is -0.517. The van der Waals surface area contributed by atoms with Crippen molar-refractivity contribution in [2.45, 2.75) is 24.8 Å². The fraction of sp³-hybridized carbons (Fsp3) is 0.417. The maximum Gasteiger partial charge on any atom is 0.341 e. The average molecular weight is 384 g/mol. The predicted octanol–water partition coefficient (Wildman–Crippen LogP) is 1.82. The minimum absolute atomic E-state index is 0.153. The van der Waals surface area contributed by atoms with E-state index in [9.17, 15) is 17.6 Å². The highest BCUT2D eigenvalue weighted by Crippen LogP contribution is 2.24. The van der Waals surface area contributed by atoms with Gasteiger partial charge >= 0.3 is 5.97 Å². The second kappa shape index (κ2) is 7.30. The van der Waals surface area contributed by atoms with Gasteiger partial charge in [0.1, 0.15) is 11.0 Å². The first kappa shape index (κ1) is 18.0. The number of benzene rings is 1. The molecule has 1 atom stereocenters. The van der Waals surface area contributed by atoms with Crippen molar-refractivity contribution in [3.05, 3.63) is 28.0 Å². The Kier molecular flexibility index (Phi) is 6.26. The van der Waals surface area contributed by atoms with Crippen molar-refractivity contribution in [2.75, 3.05) is 13.2 Å². The molecule has 0 heterocycles. The van der Waals surface area contributed by atoms with Crippen molar-refractivity contribution in [1.82, 2.24) is 0 Å². The highest BCUT2D eigenvalue weighted by atomic mass is 79.9. The third-order valence-electron chi connectivity index (χ3n) is 2.40. The van der Waals surface area contributed by atoms with Gasteiger partial charge in [-0.05, 0) is 26.0 Å². The van der Waals surface area contributed by atoms with Gasteiger partial charge in [0.2, 0.25) is 10.0 Å². The van der Waals surface area contributed by atoms with Crippen LogP contribution in [0.3, 0.4) is 0 Å². The van der Waals surface area contributed by atoms with Crippen molar-refractivity contribution in [2.24, 2.45) is 5.14 Å². The molecule has 1 unspecified atom stereocenters. The molecule has 21 heavy (non-hydrogen) atoms. The Morgan fingerprint density at radius 3 is 2.62 bits per heavy atom. The molecular formula is C12H15BrFNO5S. The average Bonchev–Trinajstić information content (AvgIpc) is 2.37. The zero-order valence-electron chi connectivity index (χ0n) is 11.4. The molecule has 0 aliphatic carbocycles. The van der Waals surface area contributed by atoms with Gasteiger partial charge in [-0.1, -0.05) is 15.9 Å². The molecular weight excluding hydrogens is 369 g/mol. The zero-order valence-corrected chi connectivity index (χ0v) is 13.8. The number of carbonyl (C=O) groups is 1. The fourth-order valence-corrected chi connectivity index (χ4v) is 2.74. The van der Waals surface area contributed by atoms with Gasteiger partial charge in [0.05, 0.1) is 12.2 Å². The van der Waals surface area contributed by atoms with E-state index >= 15 is 0 Å². The van der Waals surface area contributed by atoms with Crippen molar-refractivity contribution in [3.63, 3.8) is 0 Å². The maximum atomic E-state index is 14.1. The van der Waals surface area contributed by atoms with Crippen molar-refractivity contribution in [3.8, 4) is 0 Å². The first-order valence-electron chi connectivity index (χ1n) is 5.97. The topological polar surface area (TPSA) is 95.7 Å². The predicted molar refractivity (Wildman–Crippen MR) is 76.8 cm³/mol. The molecule has 6 nitrogen and oxygen atoms in total. The first-order chi connectivity index (χ1) is 9.66. The summed E-state index contributed by atoms with van der Waals surface area (Å²) in [5.74, 6) is -2.24. The molecule has 0 aromatic heterocycles. The van der Waals surface area contributed by atoms with Crippen LogP contribution in [0.1, 0.15) is 24.2 Å². The lowest BCUT2D eigenvalue weighted by Crippen LogP contribution is -2.22. The number of carbonyl (C=O) groups excluding carboxylic acids is 1. The van der Waals surface area contributed by atoms with Crippen molar-refractivity contribution >= 4 is 31.9 Å². The van der Waals surface area contributed by atoms with Crippen LogP contribution < -0.4 is 5.14 Å². The van der Waals surface area contributed by atoms with Gasteiger partial charge in [-0.15, -0.1) is 0 Å². The Labute approximate surface area is 130 Å². The number of ether oxygens (including phenoxy) is 2. The summed E-state index contributed by atoms with van der Waals surface area (Å²) in [5, 5.41) is 4.90. The third kappa shape index (κ3) is 5.03. The van der Waals surface area contributed by atoms with E-state index in [1.807, 2.05) is 0 Å². The summed E-state index contributed by atoms with van der Waals surface area (Å²) >= 11 is 3.00. The van der Waals surface area contributed by atoms with Gasteiger partial charge in [0.25, 0.3) is 0 Å². The molecule has 0 saturated heterocycles. The Bertz CT molecular complexity index is 635. The minimum Gasteiger partial charge on any atom is -0.457 e. The molecule has 1 rings (SSSR count). The third-order valence-corrected chi connectivity index (χ3v) is 3.76. The van der Waals surface area contributed by atoms with Crippen molar-refractivity contribution in [1.29, 1.82) is 0 Å². The summed E-state index contributed by atoms with van der Waals surface area (Å²) in [6.45, 7) is 3.95. The molecule has 0 bridgehead atoms. The van der Waals surface area contributed by atoms with Gasteiger partial charge in [0.15, 0.2) is 5.82 Å². The van der Waals surface area contributed by atoms with Crippen LogP contribution in [-0.2, 0) is 19.5 Å². The van der Waals surface area contributed by atoms with Gasteiger partial charge in [-0.25, -0.2) is 22.7 Å². The number of rotatable bonds is 6. The van der Waals surface area contributed by atoms with Crippen LogP contribution in [0.25, 0.3) is 0 Å². The second-order valence-corrected chi connectivity index (χ2v) is 6.63. The van der Waals surface area contributed by atoms with E-state index in [2.05, 4.69) is 15.9 Å². The SMILES string of the molecule is CCOCC(C)OC(=O)c1cc(Br)cc(S(N)(=O)=O)c1F. The summed E-state index contributed by atoms with van der Waals surface area (Å²) in [4.78, 5) is 11.1. The van der Waals surface area contributed by atoms with Crippen LogP contribution in [-0.4, -0.2) is 33.7 Å². The molecule has 2 N–H and O–H groups in total. The van der Waals surface area contributed by atoms with Crippen LogP contribution in [0.2, 0.25) is 0 Å². The number of sulfonamides is 1. The second-order valence-electron chi connectivity index (χ2n) is 4.19. The van der Waals surface area contributed by atoms with E-state index in [0.717, 1.165) is 12.1 Å². The van der Waals surface area contributed by atoms with Crippen LogP contribution in [0.15, 0.2) is 21.5 Å². The van der Waals surface area contributed by atoms with Gasteiger partial charge in [0, 0.05) is 11.1 Å². The lowest BCUT2D eigenvalue weighted by Gasteiger charge is -2.14. The summed E-state index contributed by atoms with van der Waals surface area (Å²) in [6, 6.07) is 2.10. The van der Waals surface area contributed by atoms with Gasteiger partial charge in [-0.2, -0.15) is 0 Å². The number of hydrogen-bond acceptors (Lipinski definition) is 5. The van der Waals surface area contributed by atoms with Crippen molar-refractivity contribution < 1.29 is 27.1 Å². The molecule has 0 radical (unpaired) electrons. The Morgan fingerprint density at radius 2 is 2.10 bits per heavy atom. The molecule has 0 amide bonds. The summed E-state index contributed by atoms with van der Waals surface area (Å²) in [7, 11) is -4.29. The van der Waals surface area contributed by atoms with E-state index in [4.69, 9.17) is 14.6 Å². The smallest absolute Gasteiger partial charge is 0.341 e. The molecule has 9 heteroatoms. The monoisotopic (exact) mass is 383 g/mol. The highest BCUT2D eigenvalue weighted by Gasteiger charge is 2.24. The lowest BCUT2D eigenvalue weighted by atomic mass is 10.2. The minimum atomic E-state index is -4.29. The highest BCUT2D eigenvalue weighted by molar-refractivity contribution is 9.10. The van der Waals surface area contributed by atoms with E-state index in [1.165, 1.54) is 0 Å². The molecule has 0 aliphatic rings. The first-order valence-corrected chi connectivity index (χ1v) is 8.31. The molecule has 0 spiro atoms. The van der Waals surface area contributed by atoms with E-state index < -0.39 is 38.4 Å². The largest absolute Gasteiger partial charge is 0.457 e. The number of halogens is 2. The standard InChI is InChI=1S/C12H15BrFNO5S/c1-3-19-6-7(2)20-12(16)9-4-8(13)5-10(11(9)14)21(15,17)18/h4-5,7H,3,6H2,1-2H3,(H2,15,17,18). The maximum absolute atomic E-state index is 14.1. The Morgan fingerprint density at radius 1 is 1.48 bits per heavy atom. The van der Waals surface area contributed by atoms with E-state index in [1.54, 1.807) is 13.8 Å². The molecule has 1 aromatic carbocycles. The van der Waals surface area contributed by atoms with Crippen LogP contribution in [0.4, 0.5) is 4.39 Å². The summed E-state index contributed by atoms with van der Waals surface area (Å²) in [6.07, 6.45) is -0.603. The Balaban J connectivity index is 3.08. The molecule has 0 aliphatic heterocycles. The number of nitrogens with two attached hydrogens (primary N) is 1. The number of esters is 1. The van der Waals surface area contributed by atoms with Crippen LogP contribution in [0, 0.1) is 5.82 Å². The number of hydrogen-bond donors (Lipinski definition) is 1. The van der Waals surface area contributed by atoms with Gasteiger partial charge < -0.3 is 9.47 Å². The fourth-order valence-electron chi connectivity index (χ4n) is 1.48. The zero-order chi connectivity index (χ0) is 16.2. The van der Waals surface area contributed by atoms with Crippen LogP contribution in [0.5, 0.6) is 0 Å². The quantitative estimate of drug-likeness (QED) is 0.755. The Hall–Kier alpha value is -1.03.